The normalized spacial score (nSPS) is 9.41. The van der Waals surface area contributed by atoms with Gasteiger partial charge in [-0.25, -0.2) is 0 Å². The fourth-order valence-electron chi connectivity index (χ4n) is 1.31. The van der Waals surface area contributed by atoms with Gasteiger partial charge in [0.2, 0.25) is 0 Å². The van der Waals surface area contributed by atoms with E-state index in [0.717, 1.165) is 6.21 Å². The van der Waals surface area contributed by atoms with Crippen LogP contribution in [0, 0.1) is 22.1 Å². The first kappa shape index (κ1) is 12.9. The van der Waals surface area contributed by atoms with E-state index >= 15 is 0 Å². The molecule has 0 spiro atoms. The van der Waals surface area contributed by atoms with Crippen LogP contribution in [-0.4, -0.2) is 30.2 Å². The van der Waals surface area contributed by atoms with Gasteiger partial charge in [0.1, 0.15) is 18.4 Å². The molecule has 88 valence electrons. The SMILES string of the molecule is N#Cc1cc(C(=N)CC=N)ccc1OCCO. The number of nitrogens with zero attached hydrogens (tertiary/aromatic N) is 1. The number of nitrogens with one attached hydrogen (secondary N) is 2. The first-order valence-electron chi connectivity index (χ1n) is 5.07. The lowest BCUT2D eigenvalue weighted by molar-refractivity contribution is 0.201. The molecule has 0 bridgehead atoms. The Morgan fingerprint density at radius 1 is 1.53 bits per heavy atom. The highest BCUT2D eigenvalue weighted by Crippen LogP contribution is 2.20. The molecule has 0 fully saturated rings. The zero-order valence-corrected chi connectivity index (χ0v) is 9.23. The zero-order valence-electron chi connectivity index (χ0n) is 9.23. The monoisotopic (exact) mass is 231 g/mol. The van der Waals surface area contributed by atoms with Crippen LogP contribution in [0.5, 0.6) is 5.75 Å². The third-order valence-electron chi connectivity index (χ3n) is 2.10. The highest BCUT2D eigenvalue weighted by atomic mass is 16.5. The van der Waals surface area contributed by atoms with Gasteiger partial charge < -0.3 is 20.7 Å². The molecule has 0 saturated heterocycles. The quantitative estimate of drug-likeness (QED) is 0.644. The van der Waals surface area contributed by atoms with Crippen molar-refractivity contribution in [2.45, 2.75) is 6.42 Å². The van der Waals surface area contributed by atoms with Gasteiger partial charge in [-0.15, -0.1) is 0 Å². The topological polar surface area (TPSA) is 101 Å². The van der Waals surface area contributed by atoms with Gasteiger partial charge in [-0.1, -0.05) is 0 Å². The summed E-state index contributed by atoms with van der Waals surface area (Å²) in [4.78, 5) is 0. The van der Waals surface area contributed by atoms with Gasteiger partial charge in [0.25, 0.3) is 0 Å². The van der Waals surface area contributed by atoms with Crippen molar-refractivity contribution in [3.05, 3.63) is 29.3 Å². The Kier molecular flexibility index (Phi) is 4.85. The van der Waals surface area contributed by atoms with Crippen LogP contribution < -0.4 is 4.74 Å². The van der Waals surface area contributed by atoms with Crippen LogP contribution in [0.4, 0.5) is 0 Å². The Balaban J connectivity index is 2.96. The molecule has 3 N–H and O–H groups in total. The number of rotatable bonds is 6. The molecule has 0 amide bonds. The predicted octanol–water partition coefficient (Wildman–Crippen LogP) is 1.34. The molecule has 1 rings (SSSR count). The molecule has 17 heavy (non-hydrogen) atoms. The van der Waals surface area contributed by atoms with E-state index in [-0.39, 0.29) is 25.3 Å². The number of nitriles is 1. The van der Waals surface area contributed by atoms with Gasteiger partial charge in [0.15, 0.2) is 0 Å². The number of hydrogen-bond donors (Lipinski definition) is 3. The van der Waals surface area contributed by atoms with Crippen molar-refractivity contribution in [2.75, 3.05) is 13.2 Å². The molecule has 0 atom stereocenters. The number of ether oxygens (including phenoxy) is 1. The van der Waals surface area contributed by atoms with E-state index in [1.807, 2.05) is 6.07 Å². The van der Waals surface area contributed by atoms with Crippen molar-refractivity contribution in [3.8, 4) is 11.8 Å². The van der Waals surface area contributed by atoms with E-state index in [4.69, 9.17) is 25.9 Å². The highest BCUT2D eigenvalue weighted by Gasteiger charge is 2.07. The minimum atomic E-state index is -0.115. The third-order valence-corrected chi connectivity index (χ3v) is 2.10. The van der Waals surface area contributed by atoms with Gasteiger partial charge in [-0.3, -0.25) is 0 Å². The van der Waals surface area contributed by atoms with Crippen LogP contribution in [0.15, 0.2) is 18.2 Å². The van der Waals surface area contributed by atoms with E-state index in [2.05, 4.69) is 0 Å². The maximum atomic E-state index is 8.95. The maximum Gasteiger partial charge on any atom is 0.137 e. The molecule has 0 heterocycles. The number of aliphatic hydroxyl groups is 1. The second-order valence-corrected chi connectivity index (χ2v) is 3.28. The van der Waals surface area contributed by atoms with Crippen LogP contribution >= 0.6 is 0 Å². The van der Waals surface area contributed by atoms with Crippen LogP contribution in [0.1, 0.15) is 17.5 Å². The summed E-state index contributed by atoms with van der Waals surface area (Å²) >= 11 is 0. The second-order valence-electron chi connectivity index (χ2n) is 3.28. The van der Waals surface area contributed by atoms with Crippen LogP contribution in [0.25, 0.3) is 0 Å². The van der Waals surface area contributed by atoms with Gasteiger partial charge in [0, 0.05) is 18.3 Å². The molecule has 0 aromatic heterocycles. The zero-order chi connectivity index (χ0) is 12.7. The number of benzene rings is 1. The summed E-state index contributed by atoms with van der Waals surface area (Å²) in [5.41, 5.74) is 1.21. The third kappa shape index (κ3) is 3.40. The molecular formula is C12H13N3O2. The molecule has 0 aliphatic rings. The molecule has 0 radical (unpaired) electrons. The summed E-state index contributed by atoms with van der Waals surface area (Å²) in [6, 6.07) is 6.80. The summed E-state index contributed by atoms with van der Waals surface area (Å²) in [5.74, 6) is 0.396. The molecule has 1 aromatic rings. The summed E-state index contributed by atoms with van der Waals surface area (Å²) in [6.07, 6.45) is 1.38. The van der Waals surface area contributed by atoms with E-state index in [0.29, 0.717) is 16.9 Å². The minimum absolute atomic E-state index is 0.115. The Hall–Kier alpha value is -2.19. The highest BCUT2D eigenvalue weighted by molar-refractivity contribution is 6.05. The smallest absolute Gasteiger partial charge is 0.137 e. The van der Waals surface area contributed by atoms with Crippen LogP contribution in [-0.2, 0) is 0 Å². The van der Waals surface area contributed by atoms with E-state index in [1.54, 1.807) is 18.2 Å². The first-order chi connectivity index (χ1) is 8.22. The van der Waals surface area contributed by atoms with E-state index in [9.17, 15) is 0 Å². The fraction of sp³-hybridized carbons (Fsp3) is 0.250. The summed E-state index contributed by atoms with van der Waals surface area (Å²) in [5, 5.41) is 32.2. The second kappa shape index (κ2) is 6.40. The van der Waals surface area contributed by atoms with Crippen molar-refractivity contribution in [3.63, 3.8) is 0 Å². The molecule has 0 aliphatic heterocycles. The molecule has 0 aliphatic carbocycles. The standard InChI is InChI=1S/C12H13N3O2/c13-4-3-11(15)9-1-2-12(17-6-5-16)10(7-9)8-14/h1-2,4,7,13,15-16H,3,5-6H2. The summed E-state index contributed by atoms with van der Waals surface area (Å²) in [7, 11) is 0. The Morgan fingerprint density at radius 3 is 2.88 bits per heavy atom. The van der Waals surface area contributed by atoms with Gasteiger partial charge in [-0.2, -0.15) is 5.26 Å². The lowest BCUT2D eigenvalue weighted by atomic mass is 10.0. The van der Waals surface area contributed by atoms with Crippen molar-refractivity contribution in [2.24, 2.45) is 0 Å². The molecule has 5 nitrogen and oxygen atoms in total. The first-order valence-corrected chi connectivity index (χ1v) is 5.07. The number of hydrogen-bond acceptors (Lipinski definition) is 5. The van der Waals surface area contributed by atoms with Gasteiger partial charge in [0.05, 0.1) is 12.2 Å². The largest absolute Gasteiger partial charge is 0.490 e. The molecule has 0 saturated carbocycles. The molecule has 5 heteroatoms. The average molecular weight is 231 g/mol. The van der Waals surface area contributed by atoms with Crippen molar-refractivity contribution in [1.82, 2.24) is 0 Å². The van der Waals surface area contributed by atoms with Crippen LogP contribution in [0.2, 0.25) is 0 Å². The fourth-order valence-corrected chi connectivity index (χ4v) is 1.31. The lowest BCUT2D eigenvalue weighted by Crippen LogP contribution is -2.05. The molecule has 1 aromatic carbocycles. The van der Waals surface area contributed by atoms with Crippen molar-refractivity contribution in [1.29, 1.82) is 16.1 Å². The Labute approximate surface area is 99.3 Å². The van der Waals surface area contributed by atoms with Crippen molar-refractivity contribution >= 4 is 11.9 Å². The summed E-state index contributed by atoms with van der Waals surface area (Å²) in [6.45, 7) is 0.0161. The Bertz CT molecular complexity index is 463. The van der Waals surface area contributed by atoms with Gasteiger partial charge in [-0.05, 0) is 23.8 Å². The minimum Gasteiger partial charge on any atom is -0.490 e. The van der Waals surface area contributed by atoms with Crippen molar-refractivity contribution < 1.29 is 9.84 Å². The molecule has 0 unspecified atom stereocenters. The van der Waals surface area contributed by atoms with E-state index < -0.39 is 0 Å². The summed E-state index contributed by atoms with van der Waals surface area (Å²) < 4.78 is 5.18. The van der Waals surface area contributed by atoms with Crippen LogP contribution in [0.3, 0.4) is 0 Å². The predicted molar refractivity (Wildman–Crippen MR) is 64.0 cm³/mol. The number of aliphatic hydroxyl groups excluding tert-OH is 1. The maximum absolute atomic E-state index is 8.95. The molecular weight excluding hydrogens is 218 g/mol. The Morgan fingerprint density at radius 2 is 2.29 bits per heavy atom. The van der Waals surface area contributed by atoms with E-state index in [1.165, 1.54) is 0 Å². The lowest BCUT2D eigenvalue weighted by Gasteiger charge is -2.08. The average Bonchev–Trinajstić information content (AvgIpc) is 2.36. The van der Waals surface area contributed by atoms with Gasteiger partial charge >= 0.3 is 0 Å².